The number of halogens is 1. The van der Waals surface area contributed by atoms with Crippen molar-refractivity contribution in [1.82, 2.24) is 9.59 Å². The average Bonchev–Trinajstić information content (AvgIpc) is 2.72. The van der Waals surface area contributed by atoms with E-state index in [1.807, 2.05) is 11.4 Å². The number of rotatable bonds is 2. The molecule has 0 aliphatic rings. The van der Waals surface area contributed by atoms with Crippen LogP contribution in [0.4, 0.5) is 0 Å². The highest BCUT2D eigenvalue weighted by Crippen LogP contribution is 2.32. The normalized spacial score (nSPS) is 13.1. The molecule has 13 heavy (non-hydrogen) atoms. The molecule has 2 rings (SSSR count). The Morgan fingerprint density at radius 3 is 2.92 bits per heavy atom. The van der Waals surface area contributed by atoms with E-state index in [9.17, 15) is 0 Å². The highest BCUT2D eigenvalue weighted by Gasteiger charge is 2.15. The molecule has 2 aromatic rings. The Kier molecular flexibility index (Phi) is 2.73. The quantitative estimate of drug-likeness (QED) is 0.916. The predicted molar refractivity (Wildman–Crippen MR) is 58.0 cm³/mol. The summed E-state index contributed by atoms with van der Waals surface area (Å²) in [6, 6.07) is 1.89. The maximum atomic E-state index is 6.02. The lowest BCUT2D eigenvalue weighted by Crippen LogP contribution is -2.08. The van der Waals surface area contributed by atoms with Crippen molar-refractivity contribution in [3.05, 3.63) is 31.9 Å². The zero-order valence-electron chi connectivity index (χ0n) is 6.48. The molecule has 2 aromatic heterocycles. The van der Waals surface area contributed by atoms with Crippen molar-refractivity contribution in [1.29, 1.82) is 0 Å². The molecule has 1 unspecified atom stereocenters. The molecule has 0 spiro atoms. The van der Waals surface area contributed by atoms with Crippen LogP contribution < -0.4 is 5.73 Å². The molecule has 0 fully saturated rings. The monoisotopic (exact) mass is 275 g/mol. The molecule has 0 aliphatic carbocycles. The molecule has 3 nitrogen and oxygen atoms in total. The van der Waals surface area contributed by atoms with Crippen LogP contribution in [0.25, 0.3) is 0 Å². The molecule has 0 saturated carbocycles. The van der Waals surface area contributed by atoms with Crippen LogP contribution in [0.1, 0.15) is 15.8 Å². The van der Waals surface area contributed by atoms with E-state index >= 15 is 0 Å². The second-order valence-corrected chi connectivity index (χ2v) is 5.05. The van der Waals surface area contributed by atoms with Gasteiger partial charge in [-0.05, 0) is 38.9 Å². The van der Waals surface area contributed by atoms with E-state index in [-0.39, 0.29) is 6.04 Å². The van der Waals surface area contributed by atoms with E-state index in [0.29, 0.717) is 0 Å². The van der Waals surface area contributed by atoms with Gasteiger partial charge in [-0.2, -0.15) is 0 Å². The Balaban J connectivity index is 2.33. The third-order valence-corrected chi connectivity index (χ3v) is 4.31. The van der Waals surface area contributed by atoms with Crippen LogP contribution >= 0.6 is 38.8 Å². The van der Waals surface area contributed by atoms with Crippen LogP contribution in [0.5, 0.6) is 0 Å². The van der Waals surface area contributed by atoms with Gasteiger partial charge in [-0.3, -0.25) is 0 Å². The average molecular weight is 276 g/mol. The fourth-order valence-electron chi connectivity index (χ4n) is 0.968. The molecule has 0 saturated heterocycles. The van der Waals surface area contributed by atoms with E-state index in [2.05, 4.69) is 25.5 Å². The van der Waals surface area contributed by atoms with E-state index in [4.69, 9.17) is 5.73 Å². The van der Waals surface area contributed by atoms with E-state index in [0.717, 1.165) is 14.2 Å². The summed E-state index contributed by atoms with van der Waals surface area (Å²) in [7, 11) is 0. The van der Waals surface area contributed by atoms with Crippen molar-refractivity contribution in [2.24, 2.45) is 5.73 Å². The van der Waals surface area contributed by atoms with Crippen molar-refractivity contribution in [3.63, 3.8) is 0 Å². The number of nitrogens with two attached hydrogens (primary N) is 1. The van der Waals surface area contributed by atoms with Gasteiger partial charge in [0.25, 0.3) is 0 Å². The summed E-state index contributed by atoms with van der Waals surface area (Å²) in [6.07, 6.45) is 1.71. The van der Waals surface area contributed by atoms with Gasteiger partial charge in [-0.15, -0.1) is 16.4 Å². The van der Waals surface area contributed by atoms with Crippen molar-refractivity contribution in [3.8, 4) is 0 Å². The minimum Gasteiger partial charge on any atom is -0.319 e. The first-order valence-electron chi connectivity index (χ1n) is 3.55. The van der Waals surface area contributed by atoms with E-state index in [1.54, 1.807) is 17.5 Å². The molecule has 0 amide bonds. The van der Waals surface area contributed by atoms with Gasteiger partial charge in [-0.1, -0.05) is 4.49 Å². The third-order valence-electron chi connectivity index (χ3n) is 1.61. The summed E-state index contributed by atoms with van der Waals surface area (Å²) < 4.78 is 4.84. The topological polar surface area (TPSA) is 51.8 Å². The zero-order valence-corrected chi connectivity index (χ0v) is 9.69. The highest BCUT2D eigenvalue weighted by atomic mass is 79.9. The molecule has 0 aromatic carbocycles. The molecule has 68 valence electrons. The first kappa shape index (κ1) is 9.26. The van der Waals surface area contributed by atoms with Gasteiger partial charge in [0.1, 0.15) is 0 Å². The lowest BCUT2D eigenvalue weighted by atomic mass is 10.2. The molecule has 6 heteroatoms. The lowest BCUT2D eigenvalue weighted by Gasteiger charge is -2.05. The van der Waals surface area contributed by atoms with Gasteiger partial charge in [0.15, 0.2) is 0 Å². The fourth-order valence-corrected chi connectivity index (χ4v) is 3.20. The minimum atomic E-state index is -0.102. The standard InChI is InChI=1S/C7H6BrN3S2/c8-4-1-2-12-7(4)6(9)5-3-10-11-13-5/h1-3,6H,9H2. The zero-order chi connectivity index (χ0) is 9.26. The SMILES string of the molecule is NC(c1cnns1)c1sccc1Br. The van der Waals surface area contributed by atoms with Crippen molar-refractivity contribution < 1.29 is 0 Å². The molecule has 0 bridgehead atoms. The number of hydrogen-bond acceptors (Lipinski definition) is 5. The molecule has 2 heterocycles. The molecule has 1 atom stereocenters. The lowest BCUT2D eigenvalue weighted by molar-refractivity contribution is 0.906. The molecule has 0 aliphatic heterocycles. The van der Waals surface area contributed by atoms with Crippen molar-refractivity contribution >= 4 is 38.8 Å². The number of hydrogen-bond donors (Lipinski definition) is 1. The van der Waals surface area contributed by atoms with Gasteiger partial charge in [-0.25, -0.2) is 0 Å². The molecule has 2 N–H and O–H groups in total. The van der Waals surface area contributed by atoms with Gasteiger partial charge >= 0.3 is 0 Å². The second-order valence-electron chi connectivity index (χ2n) is 2.43. The van der Waals surface area contributed by atoms with Crippen LogP contribution in [0.15, 0.2) is 22.1 Å². The molecular formula is C7H6BrN3S2. The summed E-state index contributed by atoms with van der Waals surface area (Å²) in [6.45, 7) is 0. The van der Waals surface area contributed by atoms with Crippen LogP contribution in [-0.2, 0) is 0 Å². The third kappa shape index (κ3) is 1.80. The van der Waals surface area contributed by atoms with Gasteiger partial charge in [0.05, 0.1) is 17.1 Å². The van der Waals surface area contributed by atoms with Gasteiger partial charge < -0.3 is 5.73 Å². The molecule has 0 radical (unpaired) electrons. The smallest absolute Gasteiger partial charge is 0.0783 e. The van der Waals surface area contributed by atoms with Crippen LogP contribution in [0, 0.1) is 0 Å². The van der Waals surface area contributed by atoms with E-state index in [1.165, 1.54) is 11.5 Å². The highest BCUT2D eigenvalue weighted by molar-refractivity contribution is 9.10. The van der Waals surface area contributed by atoms with E-state index < -0.39 is 0 Å². The predicted octanol–water partition coefficient (Wildman–Crippen LogP) is 2.41. The number of thiophene rings is 1. The molecular weight excluding hydrogens is 270 g/mol. The maximum Gasteiger partial charge on any atom is 0.0783 e. The largest absolute Gasteiger partial charge is 0.319 e. The summed E-state index contributed by atoms with van der Waals surface area (Å²) in [5.74, 6) is 0. The fraction of sp³-hybridized carbons (Fsp3) is 0.143. The maximum absolute atomic E-state index is 6.02. The summed E-state index contributed by atoms with van der Waals surface area (Å²) in [5.41, 5.74) is 6.02. The second kappa shape index (κ2) is 3.83. The van der Waals surface area contributed by atoms with Crippen LogP contribution in [0.3, 0.4) is 0 Å². The Morgan fingerprint density at radius 2 is 2.38 bits per heavy atom. The minimum absolute atomic E-state index is 0.102. The summed E-state index contributed by atoms with van der Waals surface area (Å²) in [4.78, 5) is 2.11. The Bertz CT molecular complexity index is 384. The van der Waals surface area contributed by atoms with Crippen LogP contribution in [0.2, 0.25) is 0 Å². The Labute approximate surface area is 91.9 Å². The Morgan fingerprint density at radius 1 is 1.54 bits per heavy atom. The number of aromatic nitrogens is 2. The van der Waals surface area contributed by atoms with Gasteiger partial charge in [0, 0.05) is 9.35 Å². The first-order chi connectivity index (χ1) is 6.29. The first-order valence-corrected chi connectivity index (χ1v) is 5.99. The van der Waals surface area contributed by atoms with Gasteiger partial charge in [0.2, 0.25) is 0 Å². The summed E-state index contributed by atoms with van der Waals surface area (Å²) >= 11 is 6.42. The Hall–Kier alpha value is -0.300. The summed E-state index contributed by atoms with van der Waals surface area (Å²) in [5, 5.41) is 5.77. The number of nitrogens with zero attached hydrogens (tertiary/aromatic N) is 2. The van der Waals surface area contributed by atoms with Crippen LogP contribution in [-0.4, -0.2) is 9.59 Å². The van der Waals surface area contributed by atoms with Crippen molar-refractivity contribution in [2.75, 3.05) is 0 Å². The van der Waals surface area contributed by atoms with Crippen molar-refractivity contribution in [2.45, 2.75) is 6.04 Å².